The van der Waals surface area contributed by atoms with Gasteiger partial charge >= 0.3 is 5.97 Å². The van der Waals surface area contributed by atoms with Gasteiger partial charge in [-0.2, -0.15) is 0 Å². The van der Waals surface area contributed by atoms with Crippen molar-refractivity contribution in [3.05, 3.63) is 84.4 Å². The number of esters is 1. The Bertz CT molecular complexity index is 1870. The first-order chi connectivity index (χ1) is 22.8. The smallest absolute Gasteiger partial charge is 0.306 e. The minimum Gasteiger partial charge on any atom is -0.464 e. The summed E-state index contributed by atoms with van der Waals surface area (Å²) in [5.74, 6) is 0.461. The third-order valence-electron chi connectivity index (χ3n) is 9.64. The second-order valence-corrected chi connectivity index (χ2v) is 14.7. The van der Waals surface area contributed by atoms with Gasteiger partial charge in [-0.1, -0.05) is 75.4 Å². The molecule has 0 aromatic heterocycles. The van der Waals surface area contributed by atoms with Gasteiger partial charge in [-0.15, -0.1) is 0 Å². The molecule has 0 radical (unpaired) electrons. The molecule has 7 heteroatoms. The largest absolute Gasteiger partial charge is 0.464 e. The molecule has 2 heterocycles. The zero-order valence-electron chi connectivity index (χ0n) is 29.3. The summed E-state index contributed by atoms with van der Waals surface area (Å²) in [6.07, 6.45) is 2.38. The van der Waals surface area contributed by atoms with Crippen LogP contribution in [-0.4, -0.2) is 49.9 Å². The number of hydrogen-bond donors (Lipinski definition) is 0. The first-order valence-corrected chi connectivity index (χ1v) is 17.0. The highest BCUT2D eigenvalue weighted by molar-refractivity contribution is 6.05. The number of nitrogens with zero attached hydrogens (tertiary/aromatic N) is 3. The van der Waals surface area contributed by atoms with Crippen molar-refractivity contribution in [1.82, 2.24) is 0 Å². The van der Waals surface area contributed by atoms with E-state index in [1.165, 1.54) is 18.2 Å². The number of benzene rings is 4. The summed E-state index contributed by atoms with van der Waals surface area (Å²) >= 11 is 0. The van der Waals surface area contributed by atoms with E-state index in [1.807, 2.05) is 6.21 Å². The van der Waals surface area contributed by atoms with Crippen molar-refractivity contribution in [1.29, 1.82) is 0 Å². The lowest BCUT2D eigenvalue weighted by Gasteiger charge is -2.48. The zero-order chi connectivity index (χ0) is 34.3. The Morgan fingerprint density at radius 2 is 1.62 bits per heavy atom. The Labute approximate surface area is 284 Å². The number of anilines is 2. The van der Waals surface area contributed by atoms with E-state index in [0.29, 0.717) is 6.54 Å². The van der Waals surface area contributed by atoms with Crippen molar-refractivity contribution in [2.75, 3.05) is 36.0 Å². The van der Waals surface area contributed by atoms with Crippen LogP contribution in [0.1, 0.15) is 66.9 Å². The van der Waals surface area contributed by atoms with Gasteiger partial charge in [0.05, 0.1) is 24.6 Å². The van der Waals surface area contributed by atoms with Gasteiger partial charge in [0.1, 0.15) is 18.1 Å². The van der Waals surface area contributed by atoms with Crippen LogP contribution in [0.5, 0.6) is 5.75 Å². The Hall–Kier alpha value is -4.65. The fraction of sp³-hybridized carbons (Fsp3) is 0.390. The highest BCUT2D eigenvalue weighted by Crippen LogP contribution is 2.56. The maximum atomic E-state index is 12.0. The van der Waals surface area contributed by atoms with Crippen LogP contribution in [0.2, 0.25) is 0 Å². The number of carbonyl (C=O) groups excluding carboxylic acids is 2. The molecular formula is C41H47N3O4. The van der Waals surface area contributed by atoms with E-state index in [2.05, 4.69) is 130 Å². The molecule has 0 N–H and O–H groups in total. The van der Waals surface area contributed by atoms with Crippen molar-refractivity contribution < 1.29 is 19.1 Å². The molecule has 48 heavy (non-hydrogen) atoms. The third kappa shape index (κ3) is 6.07. The molecule has 1 atom stereocenters. The van der Waals surface area contributed by atoms with E-state index in [1.54, 1.807) is 0 Å². The molecule has 6 rings (SSSR count). The standard InChI is InChI=1S/C41H47N3O4/c1-8-43(23-24-47-37(46)22-17-28(2)45)30-20-18-29(19-21-30)33-25-35-38(32-14-10-9-13-31(32)33)48-41(26-42-35)40(6,7)34-15-11-12-16-36(34)44(41)27-39(3,4)5/h9-16,18-21,25-26H,8,17,22-24,27H2,1-7H3. The number of ether oxygens (including phenoxy) is 2. The molecule has 1 spiro atoms. The fourth-order valence-corrected chi connectivity index (χ4v) is 7.09. The van der Waals surface area contributed by atoms with Crippen LogP contribution >= 0.6 is 0 Å². The lowest BCUT2D eigenvalue weighted by atomic mass is 9.77. The predicted molar refractivity (Wildman–Crippen MR) is 196 cm³/mol. The number of carbonyl (C=O) groups is 2. The maximum absolute atomic E-state index is 12.0. The van der Waals surface area contributed by atoms with Gasteiger partial charge in [0, 0.05) is 36.3 Å². The second-order valence-electron chi connectivity index (χ2n) is 14.7. The summed E-state index contributed by atoms with van der Waals surface area (Å²) in [4.78, 5) is 32.9. The van der Waals surface area contributed by atoms with Crippen molar-refractivity contribution in [2.45, 2.75) is 72.4 Å². The van der Waals surface area contributed by atoms with Crippen molar-refractivity contribution >= 4 is 45.8 Å². The number of hydrogen-bond acceptors (Lipinski definition) is 7. The summed E-state index contributed by atoms with van der Waals surface area (Å²) in [5.41, 5.74) is 5.40. The molecule has 0 saturated carbocycles. The quantitative estimate of drug-likeness (QED) is 0.161. The van der Waals surface area contributed by atoms with Crippen LogP contribution in [0, 0.1) is 5.41 Å². The minimum absolute atomic E-state index is 0.0105. The van der Waals surface area contributed by atoms with Crippen LogP contribution in [0.4, 0.5) is 17.1 Å². The summed E-state index contributed by atoms with van der Waals surface area (Å²) in [6, 6.07) is 27.8. The van der Waals surface area contributed by atoms with Crippen molar-refractivity contribution in [3.63, 3.8) is 0 Å². The van der Waals surface area contributed by atoms with Crippen LogP contribution < -0.4 is 14.5 Å². The molecule has 250 valence electrons. The fourth-order valence-electron chi connectivity index (χ4n) is 7.09. The SMILES string of the molecule is CCN(CCOC(=O)CCC(C)=O)c1ccc(-c2cc3c(c4ccccc24)OC2(C=N3)N(CC(C)(C)C)c3ccccc3C2(C)C)cc1. The highest BCUT2D eigenvalue weighted by atomic mass is 16.5. The van der Waals surface area contributed by atoms with Gasteiger partial charge in [-0.25, -0.2) is 0 Å². The lowest BCUT2D eigenvalue weighted by Crippen LogP contribution is -2.63. The molecule has 0 aliphatic carbocycles. The second kappa shape index (κ2) is 12.8. The Balaban J connectivity index is 1.31. The maximum Gasteiger partial charge on any atom is 0.306 e. The average molecular weight is 646 g/mol. The molecule has 1 unspecified atom stereocenters. The molecule has 2 aliphatic rings. The van der Waals surface area contributed by atoms with Crippen LogP contribution in [0.3, 0.4) is 0 Å². The predicted octanol–water partition coefficient (Wildman–Crippen LogP) is 8.88. The number of para-hydroxylation sites is 1. The Morgan fingerprint density at radius 1 is 0.938 bits per heavy atom. The average Bonchev–Trinajstić information content (AvgIpc) is 3.23. The Kier molecular flexibility index (Phi) is 8.84. The van der Waals surface area contributed by atoms with E-state index < -0.39 is 5.72 Å². The van der Waals surface area contributed by atoms with E-state index >= 15 is 0 Å². The van der Waals surface area contributed by atoms with Crippen LogP contribution in [0.15, 0.2) is 83.9 Å². The highest BCUT2D eigenvalue weighted by Gasteiger charge is 2.60. The number of ketones is 1. The van der Waals surface area contributed by atoms with Crippen LogP contribution in [0.25, 0.3) is 21.9 Å². The molecule has 4 aromatic carbocycles. The summed E-state index contributed by atoms with van der Waals surface area (Å²) < 4.78 is 12.7. The lowest BCUT2D eigenvalue weighted by molar-refractivity contribution is -0.144. The molecule has 0 fully saturated rings. The molecule has 0 saturated heterocycles. The van der Waals surface area contributed by atoms with Crippen LogP contribution in [-0.2, 0) is 19.7 Å². The van der Waals surface area contributed by atoms with E-state index in [-0.39, 0.29) is 42.0 Å². The first-order valence-electron chi connectivity index (χ1n) is 17.0. The summed E-state index contributed by atoms with van der Waals surface area (Å²) in [5, 5.41) is 2.14. The normalized spacial score (nSPS) is 17.6. The molecule has 7 nitrogen and oxygen atoms in total. The molecule has 2 aliphatic heterocycles. The molecular weight excluding hydrogens is 598 g/mol. The van der Waals surface area contributed by atoms with Crippen molar-refractivity contribution in [3.8, 4) is 16.9 Å². The van der Waals surface area contributed by atoms with E-state index in [9.17, 15) is 9.59 Å². The number of Topliss-reactive ketones (excluding diaryl/α,β-unsaturated/α-hetero) is 1. The van der Waals surface area contributed by atoms with E-state index in [4.69, 9.17) is 14.5 Å². The monoisotopic (exact) mass is 645 g/mol. The van der Waals surface area contributed by atoms with Gasteiger partial charge in [0.25, 0.3) is 0 Å². The number of aliphatic imine (C=N–C) groups is 1. The summed E-state index contributed by atoms with van der Waals surface area (Å²) in [6.45, 7) is 17.3. The number of rotatable bonds is 10. The molecule has 0 bridgehead atoms. The third-order valence-corrected chi connectivity index (χ3v) is 9.64. The van der Waals surface area contributed by atoms with Gasteiger partial charge in [-0.05, 0) is 79.5 Å². The number of likely N-dealkylation sites (N-methyl/N-ethyl adjacent to an activating group) is 1. The molecule has 0 amide bonds. The molecule has 4 aromatic rings. The number of fused-ring (bicyclic) bond motifs is 4. The summed E-state index contributed by atoms with van der Waals surface area (Å²) in [7, 11) is 0. The van der Waals surface area contributed by atoms with E-state index in [0.717, 1.165) is 52.1 Å². The Morgan fingerprint density at radius 3 is 2.31 bits per heavy atom. The minimum atomic E-state index is -0.783. The van der Waals surface area contributed by atoms with Crippen molar-refractivity contribution in [2.24, 2.45) is 10.4 Å². The van der Waals surface area contributed by atoms with Gasteiger partial charge in [-0.3, -0.25) is 9.79 Å². The first kappa shape index (κ1) is 33.3. The van der Waals surface area contributed by atoms with Gasteiger partial charge in [0.15, 0.2) is 5.75 Å². The van der Waals surface area contributed by atoms with Gasteiger partial charge < -0.3 is 24.1 Å². The van der Waals surface area contributed by atoms with Gasteiger partial charge in [0.2, 0.25) is 5.72 Å². The topological polar surface area (TPSA) is 71.4 Å². The zero-order valence-corrected chi connectivity index (χ0v) is 29.3.